The van der Waals surface area contributed by atoms with Crippen molar-refractivity contribution in [3.8, 4) is 11.3 Å². The number of amides is 3. The van der Waals surface area contributed by atoms with Crippen LogP contribution in [-0.2, 0) is 9.59 Å². The Hall–Kier alpha value is -4.26. The quantitative estimate of drug-likeness (QED) is 0.183. The van der Waals surface area contributed by atoms with Crippen LogP contribution in [0.25, 0.3) is 11.3 Å². The van der Waals surface area contributed by atoms with Gasteiger partial charge in [-0.05, 0) is 60.7 Å². The molecule has 3 amide bonds. The molecule has 196 valence electrons. The van der Waals surface area contributed by atoms with Crippen molar-refractivity contribution in [3.05, 3.63) is 105 Å². The average Bonchev–Trinajstić information content (AvgIpc) is 3.48. The van der Waals surface area contributed by atoms with E-state index in [9.17, 15) is 19.6 Å². The SMILES string of the molecule is O=C(Nc1nc(-c2ccc(N([O-])O)cc2)cs1)c1ccc(NC2=C(Cl)C(=O)N(c3ccc(Cl)cc3)C2=O)cc1. The summed E-state index contributed by atoms with van der Waals surface area (Å²) in [6.45, 7) is 0. The van der Waals surface area contributed by atoms with E-state index in [2.05, 4.69) is 15.6 Å². The van der Waals surface area contributed by atoms with Gasteiger partial charge in [-0.3, -0.25) is 24.9 Å². The topological polar surface area (TPSA) is 138 Å². The van der Waals surface area contributed by atoms with Crippen LogP contribution in [0.5, 0.6) is 0 Å². The van der Waals surface area contributed by atoms with Crippen LogP contribution in [0.2, 0.25) is 5.02 Å². The fourth-order valence-corrected chi connectivity index (χ4v) is 4.73. The van der Waals surface area contributed by atoms with Gasteiger partial charge < -0.3 is 15.8 Å². The van der Waals surface area contributed by atoms with Crippen LogP contribution in [-0.4, -0.2) is 27.9 Å². The van der Waals surface area contributed by atoms with Gasteiger partial charge >= 0.3 is 0 Å². The van der Waals surface area contributed by atoms with Gasteiger partial charge in [0, 0.05) is 27.2 Å². The molecule has 0 atom stereocenters. The van der Waals surface area contributed by atoms with Crippen molar-refractivity contribution in [2.45, 2.75) is 0 Å². The highest BCUT2D eigenvalue weighted by molar-refractivity contribution is 7.14. The summed E-state index contributed by atoms with van der Waals surface area (Å²) in [4.78, 5) is 43.6. The van der Waals surface area contributed by atoms with Gasteiger partial charge in [-0.1, -0.05) is 35.3 Å². The van der Waals surface area contributed by atoms with Crippen molar-refractivity contribution in [1.29, 1.82) is 0 Å². The Morgan fingerprint density at radius 3 is 2.26 bits per heavy atom. The second-order valence-corrected chi connectivity index (χ2v) is 9.80. The lowest BCUT2D eigenvalue weighted by atomic mass is 10.1. The molecule has 0 saturated heterocycles. The minimum atomic E-state index is -0.665. The van der Waals surface area contributed by atoms with Crippen molar-refractivity contribution in [2.75, 3.05) is 20.8 Å². The number of anilines is 4. The van der Waals surface area contributed by atoms with Crippen LogP contribution in [0.4, 0.5) is 22.2 Å². The molecule has 5 rings (SSSR count). The third-order valence-electron chi connectivity index (χ3n) is 5.64. The Morgan fingerprint density at radius 1 is 0.949 bits per heavy atom. The number of carbonyl (C=O) groups is 3. The molecule has 4 aromatic rings. The van der Waals surface area contributed by atoms with E-state index in [1.54, 1.807) is 53.9 Å². The first-order valence-corrected chi connectivity index (χ1v) is 12.8. The maximum atomic E-state index is 12.9. The molecule has 0 bridgehead atoms. The number of thiazole rings is 1. The number of nitrogens with zero attached hydrogens (tertiary/aromatic N) is 3. The standard InChI is InChI=1S/C26H16Cl2N5O5S/c27-16-5-11-18(12-6-16)32-24(35)21(28)22(25(32)36)29-17-7-1-15(2-8-17)23(34)31-26-30-20(13-39-26)14-3-9-19(10-4-14)33(37)38/h1-13,29,37H,(H,30,31,34)/q-1. The summed E-state index contributed by atoms with van der Waals surface area (Å²) >= 11 is 13.3. The number of carbonyl (C=O) groups excluding carboxylic acids is 3. The molecule has 3 N–H and O–H groups in total. The van der Waals surface area contributed by atoms with Gasteiger partial charge in [-0.15, -0.1) is 11.3 Å². The zero-order chi connectivity index (χ0) is 27.7. The van der Waals surface area contributed by atoms with Gasteiger partial charge in [0.2, 0.25) is 0 Å². The van der Waals surface area contributed by atoms with Gasteiger partial charge in [0.1, 0.15) is 10.7 Å². The van der Waals surface area contributed by atoms with Crippen LogP contribution in [0.1, 0.15) is 10.4 Å². The highest BCUT2D eigenvalue weighted by atomic mass is 35.5. The third-order valence-corrected chi connectivity index (χ3v) is 7.00. The van der Waals surface area contributed by atoms with E-state index in [1.807, 2.05) is 0 Å². The van der Waals surface area contributed by atoms with Gasteiger partial charge in [0.25, 0.3) is 17.7 Å². The zero-order valence-corrected chi connectivity index (χ0v) is 21.9. The summed E-state index contributed by atoms with van der Waals surface area (Å²) in [5.41, 5.74) is 2.40. The molecule has 0 fully saturated rings. The molecule has 3 aromatic carbocycles. The van der Waals surface area contributed by atoms with E-state index >= 15 is 0 Å². The molecular weight excluding hydrogens is 565 g/mol. The summed E-state index contributed by atoms with van der Waals surface area (Å²) in [5, 5.41) is 27.6. The second kappa shape index (κ2) is 10.8. The number of hydrogen-bond donors (Lipinski definition) is 3. The minimum Gasteiger partial charge on any atom is -0.733 e. The lowest BCUT2D eigenvalue weighted by Crippen LogP contribution is -2.32. The summed E-state index contributed by atoms with van der Waals surface area (Å²) in [5.74, 6) is -1.69. The molecule has 1 aromatic heterocycles. The molecule has 10 nitrogen and oxygen atoms in total. The van der Waals surface area contributed by atoms with Crippen LogP contribution in [0, 0.1) is 5.21 Å². The Bertz CT molecular complexity index is 1600. The van der Waals surface area contributed by atoms with Crippen LogP contribution in [0.15, 0.2) is 88.9 Å². The highest BCUT2D eigenvalue weighted by Crippen LogP contribution is 2.31. The monoisotopic (exact) mass is 580 g/mol. The Labute approximate surface area is 235 Å². The second-order valence-electron chi connectivity index (χ2n) is 8.13. The molecule has 1 aliphatic rings. The van der Waals surface area contributed by atoms with Crippen molar-refractivity contribution < 1.29 is 19.6 Å². The summed E-state index contributed by atoms with van der Waals surface area (Å²) < 4.78 is 0. The fourth-order valence-electron chi connectivity index (χ4n) is 3.68. The largest absolute Gasteiger partial charge is 0.733 e. The number of halogens is 2. The fraction of sp³-hybridized carbons (Fsp3) is 0. The molecule has 0 radical (unpaired) electrons. The molecular formula is C26H16Cl2N5O5S-. The van der Waals surface area contributed by atoms with E-state index in [4.69, 9.17) is 28.4 Å². The normalized spacial score (nSPS) is 13.2. The number of benzene rings is 3. The van der Waals surface area contributed by atoms with Gasteiger partial charge in [0.05, 0.1) is 17.1 Å². The average molecular weight is 581 g/mol. The molecule has 1 aliphatic heterocycles. The van der Waals surface area contributed by atoms with Crippen molar-refractivity contribution in [1.82, 2.24) is 4.98 Å². The van der Waals surface area contributed by atoms with Crippen molar-refractivity contribution >= 4 is 74.5 Å². The van der Waals surface area contributed by atoms with Crippen molar-refractivity contribution in [3.63, 3.8) is 0 Å². The maximum absolute atomic E-state index is 12.9. The first-order chi connectivity index (χ1) is 18.7. The molecule has 2 heterocycles. The molecule has 13 heteroatoms. The highest BCUT2D eigenvalue weighted by Gasteiger charge is 2.38. The predicted octanol–water partition coefficient (Wildman–Crippen LogP) is 5.84. The molecule has 0 spiro atoms. The zero-order valence-electron chi connectivity index (χ0n) is 19.6. The Morgan fingerprint density at radius 2 is 1.62 bits per heavy atom. The lowest BCUT2D eigenvalue weighted by Gasteiger charge is -2.21. The first kappa shape index (κ1) is 26.4. The Balaban J connectivity index is 1.24. The van der Waals surface area contributed by atoms with Gasteiger partial charge in [0.15, 0.2) is 5.13 Å². The molecule has 39 heavy (non-hydrogen) atoms. The maximum Gasteiger partial charge on any atom is 0.283 e. The van der Waals surface area contributed by atoms with E-state index in [1.165, 1.54) is 35.6 Å². The van der Waals surface area contributed by atoms with Gasteiger partial charge in [-0.2, -0.15) is 0 Å². The van der Waals surface area contributed by atoms with Crippen LogP contribution < -0.4 is 20.8 Å². The van der Waals surface area contributed by atoms with E-state index in [0.717, 1.165) is 4.90 Å². The predicted molar refractivity (Wildman–Crippen MR) is 150 cm³/mol. The Kier molecular flexibility index (Phi) is 7.33. The number of imide groups is 1. The van der Waals surface area contributed by atoms with E-state index in [0.29, 0.717) is 38.3 Å². The number of rotatable bonds is 7. The number of hydrogen-bond acceptors (Lipinski definition) is 9. The smallest absolute Gasteiger partial charge is 0.283 e. The minimum absolute atomic E-state index is 0.0842. The number of nitrogens with one attached hydrogen (secondary N) is 2. The summed E-state index contributed by atoms with van der Waals surface area (Å²) in [7, 11) is 0. The lowest BCUT2D eigenvalue weighted by molar-refractivity contribution is -0.120. The van der Waals surface area contributed by atoms with E-state index < -0.39 is 17.7 Å². The first-order valence-electron chi connectivity index (χ1n) is 11.2. The van der Waals surface area contributed by atoms with Gasteiger partial charge in [-0.25, -0.2) is 9.88 Å². The summed E-state index contributed by atoms with van der Waals surface area (Å²) in [6, 6.07) is 18.6. The van der Waals surface area contributed by atoms with Crippen LogP contribution >= 0.6 is 34.5 Å². The molecule has 0 unspecified atom stereocenters. The third kappa shape index (κ3) is 5.48. The van der Waals surface area contributed by atoms with E-state index in [-0.39, 0.29) is 21.6 Å². The summed E-state index contributed by atoms with van der Waals surface area (Å²) in [6.07, 6.45) is 0. The van der Waals surface area contributed by atoms with Crippen LogP contribution in [0.3, 0.4) is 0 Å². The number of aromatic nitrogens is 1. The molecule has 0 saturated carbocycles. The van der Waals surface area contributed by atoms with Crippen molar-refractivity contribution in [2.24, 2.45) is 0 Å². The molecule has 0 aliphatic carbocycles.